The van der Waals surface area contributed by atoms with Crippen LogP contribution in [0.15, 0.2) is 30.5 Å². The monoisotopic (exact) mass is 263 g/mol. The first-order valence-corrected chi connectivity index (χ1v) is 6.22. The molecule has 0 aliphatic heterocycles. The van der Waals surface area contributed by atoms with Crippen LogP contribution in [0.5, 0.6) is 5.75 Å². The Morgan fingerprint density at radius 1 is 1.42 bits per heavy atom. The third-order valence-electron chi connectivity index (χ3n) is 2.94. The van der Waals surface area contributed by atoms with Gasteiger partial charge in [-0.05, 0) is 30.8 Å². The van der Waals surface area contributed by atoms with Crippen LogP contribution in [0.1, 0.15) is 24.2 Å². The summed E-state index contributed by atoms with van der Waals surface area (Å²) >= 11 is 0. The molecule has 4 nitrogen and oxygen atoms in total. The number of benzene rings is 1. The van der Waals surface area contributed by atoms with E-state index in [0.717, 1.165) is 17.8 Å². The van der Waals surface area contributed by atoms with Crippen molar-refractivity contribution in [2.75, 3.05) is 13.7 Å². The second kappa shape index (κ2) is 5.84. The quantitative estimate of drug-likeness (QED) is 0.899. The van der Waals surface area contributed by atoms with Crippen LogP contribution in [0.25, 0.3) is 0 Å². The van der Waals surface area contributed by atoms with E-state index < -0.39 is 0 Å². The summed E-state index contributed by atoms with van der Waals surface area (Å²) in [6.45, 7) is 2.75. The van der Waals surface area contributed by atoms with E-state index in [9.17, 15) is 4.39 Å². The minimum absolute atomic E-state index is 0.183. The molecule has 102 valence electrons. The zero-order valence-electron chi connectivity index (χ0n) is 11.4. The zero-order chi connectivity index (χ0) is 13.8. The highest BCUT2D eigenvalue weighted by Gasteiger charge is 2.20. The van der Waals surface area contributed by atoms with Crippen LogP contribution >= 0.6 is 0 Å². The highest BCUT2D eigenvalue weighted by atomic mass is 19.1. The van der Waals surface area contributed by atoms with Crippen LogP contribution in [-0.4, -0.2) is 23.4 Å². The Morgan fingerprint density at radius 2 is 2.21 bits per heavy atom. The lowest BCUT2D eigenvalue weighted by atomic mass is 10.0. The van der Waals surface area contributed by atoms with Crippen molar-refractivity contribution in [2.24, 2.45) is 7.05 Å². The maximum Gasteiger partial charge on any atom is 0.124 e. The number of aromatic nitrogens is 2. The molecule has 0 amide bonds. The maximum atomic E-state index is 13.5. The summed E-state index contributed by atoms with van der Waals surface area (Å²) in [5, 5.41) is 7.70. The third kappa shape index (κ3) is 2.93. The Labute approximate surface area is 112 Å². The Bertz CT molecular complexity index is 553. The van der Waals surface area contributed by atoms with Crippen LogP contribution in [0.3, 0.4) is 0 Å². The van der Waals surface area contributed by atoms with Crippen LogP contribution < -0.4 is 10.1 Å². The van der Waals surface area contributed by atoms with Gasteiger partial charge in [0.05, 0.1) is 18.8 Å². The molecule has 0 saturated heterocycles. The zero-order valence-corrected chi connectivity index (χ0v) is 11.4. The average Bonchev–Trinajstić information content (AvgIpc) is 2.82. The van der Waals surface area contributed by atoms with Crippen LogP contribution in [-0.2, 0) is 7.05 Å². The minimum atomic E-state index is -0.283. The van der Waals surface area contributed by atoms with Gasteiger partial charge in [0.15, 0.2) is 0 Å². The summed E-state index contributed by atoms with van der Waals surface area (Å²) < 4.78 is 20.5. The lowest BCUT2D eigenvalue weighted by Gasteiger charge is -2.19. The standard InChI is InChI=1S/C14H18FN3O/c1-4-16-14(12-7-8-18(2)17-12)11-9-10(15)5-6-13(11)19-3/h5-9,14,16H,4H2,1-3H3. The van der Waals surface area contributed by atoms with Gasteiger partial charge in [-0.1, -0.05) is 6.92 Å². The van der Waals surface area contributed by atoms with Crippen molar-refractivity contribution in [1.29, 1.82) is 0 Å². The molecule has 1 unspecified atom stereocenters. The smallest absolute Gasteiger partial charge is 0.124 e. The molecule has 1 atom stereocenters. The van der Waals surface area contributed by atoms with Gasteiger partial charge in [0, 0.05) is 18.8 Å². The largest absolute Gasteiger partial charge is 0.496 e. The fraction of sp³-hybridized carbons (Fsp3) is 0.357. The van der Waals surface area contributed by atoms with Gasteiger partial charge in [0.1, 0.15) is 11.6 Å². The molecule has 2 rings (SSSR count). The normalized spacial score (nSPS) is 12.4. The first-order valence-electron chi connectivity index (χ1n) is 6.22. The Hall–Kier alpha value is -1.88. The fourth-order valence-corrected chi connectivity index (χ4v) is 2.10. The molecule has 1 aromatic carbocycles. The van der Waals surface area contributed by atoms with Crippen LogP contribution in [0.4, 0.5) is 4.39 Å². The van der Waals surface area contributed by atoms with Gasteiger partial charge < -0.3 is 10.1 Å². The molecule has 0 bridgehead atoms. The van der Waals surface area contributed by atoms with Gasteiger partial charge in [0.25, 0.3) is 0 Å². The Morgan fingerprint density at radius 3 is 2.79 bits per heavy atom. The van der Waals surface area contributed by atoms with Gasteiger partial charge in [-0.3, -0.25) is 4.68 Å². The second-order valence-corrected chi connectivity index (χ2v) is 4.29. The summed E-state index contributed by atoms with van der Waals surface area (Å²) in [6, 6.07) is 6.25. The van der Waals surface area contributed by atoms with Crippen molar-refractivity contribution >= 4 is 0 Å². The summed E-state index contributed by atoms with van der Waals surface area (Å²) in [6.07, 6.45) is 1.87. The number of rotatable bonds is 5. The van der Waals surface area contributed by atoms with Crippen molar-refractivity contribution in [3.05, 3.63) is 47.5 Å². The van der Waals surface area contributed by atoms with Crippen molar-refractivity contribution in [3.63, 3.8) is 0 Å². The average molecular weight is 263 g/mol. The number of hydrogen-bond acceptors (Lipinski definition) is 3. The lowest BCUT2D eigenvalue weighted by Crippen LogP contribution is -2.23. The SMILES string of the molecule is CCNC(c1ccn(C)n1)c1cc(F)ccc1OC. The Balaban J connectivity index is 2.46. The molecular weight excluding hydrogens is 245 g/mol. The predicted molar refractivity (Wildman–Crippen MR) is 71.7 cm³/mol. The summed E-state index contributed by atoms with van der Waals surface area (Å²) in [7, 11) is 3.44. The number of nitrogens with one attached hydrogen (secondary N) is 1. The number of aryl methyl sites for hydroxylation is 1. The maximum absolute atomic E-state index is 13.5. The topological polar surface area (TPSA) is 39.1 Å². The predicted octanol–water partition coefficient (Wildman–Crippen LogP) is 2.27. The first kappa shape index (κ1) is 13.5. The molecule has 0 radical (unpaired) electrons. The van der Waals surface area contributed by atoms with E-state index in [-0.39, 0.29) is 11.9 Å². The number of halogens is 1. The molecule has 1 N–H and O–H groups in total. The van der Waals surface area contributed by atoms with Crippen LogP contribution in [0.2, 0.25) is 0 Å². The third-order valence-corrected chi connectivity index (χ3v) is 2.94. The van der Waals surface area contributed by atoms with Gasteiger partial charge in [-0.25, -0.2) is 4.39 Å². The number of ether oxygens (including phenoxy) is 1. The fourth-order valence-electron chi connectivity index (χ4n) is 2.10. The molecular formula is C14H18FN3O. The molecule has 0 spiro atoms. The van der Waals surface area contributed by atoms with Crippen molar-refractivity contribution < 1.29 is 9.13 Å². The first-order chi connectivity index (χ1) is 9.15. The van der Waals surface area contributed by atoms with Gasteiger partial charge >= 0.3 is 0 Å². The van der Waals surface area contributed by atoms with E-state index in [0.29, 0.717) is 5.75 Å². The van der Waals surface area contributed by atoms with Crippen molar-refractivity contribution in [1.82, 2.24) is 15.1 Å². The molecule has 0 aliphatic carbocycles. The van der Waals surface area contributed by atoms with E-state index in [2.05, 4.69) is 10.4 Å². The Kier molecular flexibility index (Phi) is 4.16. The van der Waals surface area contributed by atoms with Crippen molar-refractivity contribution in [2.45, 2.75) is 13.0 Å². The van der Waals surface area contributed by atoms with E-state index in [1.54, 1.807) is 17.9 Å². The van der Waals surface area contributed by atoms with E-state index in [1.807, 2.05) is 26.2 Å². The van der Waals surface area contributed by atoms with E-state index in [4.69, 9.17) is 4.74 Å². The molecule has 0 saturated carbocycles. The molecule has 0 fully saturated rings. The lowest BCUT2D eigenvalue weighted by molar-refractivity contribution is 0.402. The molecule has 2 aromatic rings. The molecule has 0 aliphatic rings. The summed E-state index contributed by atoms with van der Waals surface area (Å²) in [5.41, 5.74) is 1.59. The van der Waals surface area contributed by atoms with E-state index in [1.165, 1.54) is 12.1 Å². The summed E-state index contributed by atoms with van der Waals surface area (Å²) in [4.78, 5) is 0. The van der Waals surface area contributed by atoms with E-state index >= 15 is 0 Å². The van der Waals surface area contributed by atoms with Crippen molar-refractivity contribution in [3.8, 4) is 5.75 Å². The highest BCUT2D eigenvalue weighted by Crippen LogP contribution is 2.29. The molecule has 1 heterocycles. The van der Waals surface area contributed by atoms with Gasteiger partial charge in [-0.15, -0.1) is 0 Å². The van der Waals surface area contributed by atoms with Crippen LogP contribution in [0, 0.1) is 5.82 Å². The molecule has 19 heavy (non-hydrogen) atoms. The number of nitrogens with zero attached hydrogens (tertiary/aromatic N) is 2. The second-order valence-electron chi connectivity index (χ2n) is 4.29. The molecule has 5 heteroatoms. The van der Waals surface area contributed by atoms with Gasteiger partial charge in [0.2, 0.25) is 0 Å². The highest BCUT2D eigenvalue weighted by molar-refractivity contribution is 5.40. The van der Waals surface area contributed by atoms with Gasteiger partial charge in [-0.2, -0.15) is 5.10 Å². The number of hydrogen-bond donors (Lipinski definition) is 1. The minimum Gasteiger partial charge on any atom is -0.496 e. The summed E-state index contributed by atoms with van der Waals surface area (Å²) in [5.74, 6) is 0.368. The number of methoxy groups -OCH3 is 1. The molecule has 1 aromatic heterocycles.